The Morgan fingerprint density at radius 3 is 2.80 bits per heavy atom. The number of aromatic nitrogens is 1. The van der Waals surface area contributed by atoms with Gasteiger partial charge in [-0.3, -0.25) is 0 Å². The van der Waals surface area contributed by atoms with E-state index in [9.17, 15) is 0 Å². The van der Waals surface area contributed by atoms with Gasteiger partial charge in [-0.05, 0) is 36.0 Å². The summed E-state index contributed by atoms with van der Waals surface area (Å²) in [6.07, 6.45) is 0. The number of nitrogens with zero attached hydrogens (tertiary/aromatic N) is 2. The average molecular weight is 289 g/mol. The summed E-state index contributed by atoms with van der Waals surface area (Å²) in [5.41, 5.74) is 1.10. The van der Waals surface area contributed by atoms with Crippen LogP contribution in [-0.4, -0.2) is 18.6 Å². The van der Waals surface area contributed by atoms with Crippen LogP contribution in [0.2, 0.25) is 0 Å². The minimum atomic E-state index is 0.666. The van der Waals surface area contributed by atoms with E-state index in [-0.39, 0.29) is 0 Å². The standard InChI is InChI=1S/C16H23N3S/c1-13(2)10-17-11-14-6-4-8-16(18-14)19(3)12-15-7-5-9-20-15/h4-9,13,17H,10-12H2,1-3H3. The molecule has 20 heavy (non-hydrogen) atoms. The number of nitrogens with one attached hydrogen (secondary N) is 1. The smallest absolute Gasteiger partial charge is 0.128 e. The summed E-state index contributed by atoms with van der Waals surface area (Å²) < 4.78 is 0. The number of rotatable bonds is 7. The third-order valence-corrected chi connectivity index (χ3v) is 3.88. The van der Waals surface area contributed by atoms with Crippen molar-refractivity contribution in [2.75, 3.05) is 18.5 Å². The largest absolute Gasteiger partial charge is 0.355 e. The highest BCUT2D eigenvalue weighted by Crippen LogP contribution is 2.16. The summed E-state index contributed by atoms with van der Waals surface area (Å²) in [5.74, 6) is 1.70. The number of pyridine rings is 1. The molecule has 0 saturated heterocycles. The van der Waals surface area contributed by atoms with Gasteiger partial charge in [-0.2, -0.15) is 0 Å². The zero-order valence-corrected chi connectivity index (χ0v) is 13.3. The molecule has 0 bridgehead atoms. The van der Waals surface area contributed by atoms with Gasteiger partial charge >= 0.3 is 0 Å². The molecule has 3 nitrogen and oxygen atoms in total. The molecule has 2 rings (SSSR count). The van der Waals surface area contributed by atoms with Gasteiger partial charge in [0.25, 0.3) is 0 Å². The van der Waals surface area contributed by atoms with E-state index in [1.807, 2.05) is 0 Å². The number of thiophene rings is 1. The predicted octanol–water partition coefficient (Wildman–Crippen LogP) is 3.53. The van der Waals surface area contributed by atoms with Crippen molar-refractivity contribution in [2.24, 2.45) is 5.92 Å². The summed E-state index contributed by atoms with van der Waals surface area (Å²) in [7, 11) is 2.09. The van der Waals surface area contributed by atoms with Crippen molar-refractivity contribution >= 4 is 17.2 Å². The van der Waals surface area contributed by atoms with Crippen LogP contribution >= 0.6 is 11.3 Å². The fraction of sp³-hybridized carbons (Fsp3) is 0.438. The maximum absolute atomic E-state index is 4.72. The molecule has 0 amide bonds. The van der Waals surface area contributed by atoms with E-state index in [4.69, 9.17) is 4.98 Å². The highest BCUT2D eigenvalue weighted by Gasteiger charge is 2.05. The van der Waals surface area contributed by atoms with Gasteiger partial charge in [0.15, 0.2) is 0 Å². The maximum atomic E-state index is 4.72. The first-order valence-electron chi connectivity index (χ1n) is 7.05. The van der Waals surface area contributed by atoms with E-state index in [0.29, 0.717) is 5.92 Å². The molecule has 0 unspecified atom stereocenters. The van der Waals surface area contributed by atoms with E-state index >= 15 is 0 Å². The van der Waals surface area contributed by atoms with Crippen molar-refractivity contribution in [3.05, 3.63) is 46.3 Å². The molecule has 108 valence electrons. The van der Waals surface area contributed by atoms with E-state index in [1.54, 1.807) is 11.3 Å². The molecule has 0 aliphatic carbocycles. The lowest BCUT2D eigenvalue weighted by atomic mass is 10.2. The molecule has 2 aromatic heterocycles. The molecule has 0 fully saturated rings. The zero-order valence-electron chi connectivity index (χ0n) is 12.5. The molecule has 0 aliphatic heterocycles. The molecule has 0 spiro atoms. The summed E-state index contributed by atoms with van der Waals surface area (Å²) >= 11 is 1.79. The van der Waals surface area contributed by atoms with Crippen LogP contribution in [0.5, 0.6) is 0 Å². The Balaban J connectivity index is 1.94. The molecular weight excluding hydrogens is 266 g/mol. The van der Waals surface area contributed by atoms with Gasteiger partial charge in [0.2, 0.25) is 0 Å². The second-order valence-electron chi connectivity index (χ2n) is 5.45. The summed E-state index contributed by atoms with van der Waals surface area (Å²) in [4.78, 5) is 8.27. The van der Waals surface area contributed by atoms with Crippen molar-refractivity contribution in [3.63, 3.8) is 0 Å². The van der Waals surface area contributed by atoms with Gasteiger partial charge in [0.05, 0.1) is 12.2 Å². The van der Waals surface area contributed by atoms with Crippen LogP contribution in [-0.2, 0) is 13.1 Å². The maximum Gasteiger partial charge on any atom is 0.128 e. The molecule has 0 atom stereocenters. The van der Waals surface area contributed by atoms with Crippen LogP contribution < -0.4 is 10.2 Å². The van der Waals surface area contributed by atoms with Crippen LogP contribution in [0.1, 0.15) is 24.4 Å². The first kappa shape index (κ1) is 15.0. The molecule has 0 radical (unpaired) electrons. The average Bonchev–Trinajstić information content (AvgIpc) is 2.91. The van der Waals surface area contributed by atoms with E-state index < -0.39 is 0 Å². The Labute approximate surface area is 125 Å². The first-order valence-corrected chi connectivity index (χ1v) is 7.93. The highest BCUT2D eigenvalue weighted by atomic mass is 32.1. The Kier molecular flexibility index (Phi) is 5.56. The molecule has 0 aliphatic rings. The molecule has 4 heteroatoms. The van der Waals surface area contributed by atoms with Crippen LogP contribution in [0, 0.1) is 5.92 Å². The number of hydrogen-bond donors (Lipinski definition) is 1. The highest BCUT2D eigenvalue weighted by molar-refractivity contribution is 7.09. The lowest BCUT2D eigenvalue weighted by molar-refractivity contribution is 0.548. The minimum Gasteiger partial charge on any atom is -0.355 e. The number of anilines is 1. The van der Waals surface area contributed by atoms with Gasteiger partial charge in [-0.1, -0.05) is 26.0 Å². The lowest BCUT2D eigenvalue weighted by Crippen LogP contribution is -2.21. The van der Waals surface area contributed by atoms with Gasteiger partial charge in [-0.15, -0.1) is 11.3 Å². The Hall–Kier alpha value is -1.39. The van der Waals surface area contributed by atoms with Gasteiger partial charge < -0.3 is 10.2 Å². The minimum absolute atomic E-state index is 0.666. The van der Waals surface area contributed by atoms with Crippen molar-refractivity contribution < 1.29 is 0 Å². The van der Waals surface area contributed by atoms with E-state index in [1.165, 1.54) is 4.88 Å². The zero-order chi connectivity index (χ0) is 14.4. The van der Waals surface area contributed by atoms with Crippen molar-refractivity contribution in [1.82, 2.24) is 10.3 Å². The van der Waals surface area contributed by atoms with E-state index in [2.05, 4.69) is 66.8 Å². The summed E-state index contributed by atoms with van der Waals surface area (Å²) in [6.45, 7) is 7.20. The fourth-order valence-electron chi connectivity index (χ4n) is 1.98. The van der Waals surface area contributed by atoms with Crippen LogP contribution in [0.25, 0.3) is 0 Å². The number of hydrogen-bond acceptors (Lipinski definition) is 4. The van der Waals surface area contributed by atoms with Crippen molar-refractivity contribution in [3.8, 4) is 0 Å². The van der Waals surface area contributed by atoms with Crippen molar-refractivity contribution in [1.29, 1.82) is 0 Å². The Morgan fingerprint density at radius 2 is 2.10 bits per heavy atom. The molecule has 0 saturated carbocycles. The van der Waals surface area contributed by atoms with Crippen LogP contribution in [0.3, 0.4) is 0 Å². The molecule has 1 N–H and O–H groups in total. The summed E-state index contributed by atoms with van der Waals surface area (Å²) in [6, 6.07) is 10.5. The second kappa shape index (κ2) is 7.41. The SMILES string of the molecule is CC(C)CNCc1cccc(N(C)Cc2cccs2)n1. The van der Waals surface area contributed by atoms with Crippen LogP contribution in [0.15, 0.2) is 35.7 Å². The molecule has 2 heterocycles. The normalized spacial score (nSPS) is 11.0. The van der Waals surface area contributed by atoms with Crippen LogP contribution in [0.4, 0.5) is 5.82 Å². The first-order chi connectivity index (χ1) is 9.65. The quantitative estimate of drug-likeness (QED) is 0.845. The van der Waals surface area contributed by atoms with Gasteiger partial charge in [0, 0.05) is 18.5 Å². The van der Waals surface area contributed by atoms with E-state index in [0.717, 1.165) is 31.1 Å². The molecule has 0 aromatic carbocycles. The lowest BCUT2D eigenvalue weighted by Gasteiger charge is -2.18. The van der Waals surface area contributed by atoms with Crippen molar-refractivity contribution in [2.45, 2.75) is 26.9 Å². The Morgan fingerprint density at radius 1 is 1.25 bits per heavy atom. The van der Waals surface area contributed by atoms with Gasteiger partial charge in [0.1, 0.15) is 5.82 Å². The fourth-order valence-corrected chi connectivity index (χ4v) is 2.74. The monoisotopic (exact) mass is 289 g/mol. The Bertz CT molecular complexity index is 508. The summed E-state index contributed by atoms with van der Waals surface area (Å²) in [5, 5.41) is 5.55. The second-order valence-corrected chi connectivity index (χ2v) is 6.48. The third kappa shape index (κ3) is 4.62. The van der Waals surface area contributed by atoms with Gasteiger partial charge in [-0.25, -0.2) is 4.98 Å². The molecule has 2 aromatic rings. The topological polar surface area (TPSA) is 28.2 Å². The molecular formula is C16H23N3S. The third-order valence-electron chi connectivity index (χ3n) is 3.01. The predicted molar refractivity (Wildman–Crippen MR) is 87.2 cm³/mol.